The molecule has 0 radical (unpaired) electrons. The van der Waals surface area contributed by atoms with E-state index in [1.165, 1.54) is 6.07 Å². The SMILES string of the molecule is C#CC(C)(C)Oc1ccc2c(=O)cc(-c3ccccc3)oc2c1OC(C)(C)C#C. The van der Waals surface area contributed by atoms with Crippen molar-refractivity contribution in [2.45, 2.75) is 38.9 Å². The number of terminal acetylenes is 2. The van der Waals surface area contributed by atoms with Crippen LogP contribution in [0.3, 0.4) is 0 Å². The largest absolute Gasteiger partial charge is 0.471 e. The minimum Gasteiger partial charge on any atom is -0.471 e. The van der Waals surface area contributed by atoms with Gasteiger partial charge >= 0.3 is 0 Å². The Labute approximate surface area is 170 Å². The molecule has 0 aliphatic rings. The second-order valence-corrected chi connectivity index (χ2v) is 7.62. The summed E-state index contributed by atoms with van der Waals surface area (Å²) in [5, 5.41) is 0.360. The zero-order valence-electron chi connectivity index (χ0n) is 16.9. The molecule has 0 unspecified atom stereocenters. The zero-order chi connectivity index (χ0) is 21.2. The van der Waals surface area contributed by atoms with Crippen LogP contribution in [-0.4, -0.2) is 11.2 Å². The quantitative estimate of drug-likeness (QED) is 0.576. The van der Waals surface area contributed by atoms with Crippen molar-refractivity contribution in [2.75, 3.05) is 0 Å². The minimum atomic E-state index is -0.964. The van der Waals surface area contributed by atoms with Crippen molar-refractivity contribution in [1.82, 2.24) is 0 Å². The Kier molecular flexibility index (Phi) is 5.14. The fourth-order valence-corrected chi connectivity index (χ4v) is 2.69. The van der Waals surface area contributed by atoms with Gasteiger partial charge < -0.3 is 13.9 Å². The van der Waals surface area contributed by atoms with Crippen molar-refractivity contribution in [2.24, 2.45) is 0 Å². The molecule has 0 N–H and O–H groups in total. The molecule has 0 aliphatic heterocycles. The van der Waals surface area contributed by atoms with Crippen LogP contribution >= 0.6 is 0 Å². The second-order valence-electron chi connectivity index (χ2n) is 7.62. The van der Waals surface area contributed by atoms with Crippen LogP contribution in [0.2, 0.25) is 0 Å². The van der Waals surface area contributed by atoms with Crippen LogP contribution < -0.4 is 14.9 Å². The Hall–Kier alpha value is -3.63. The van der Waals surface area contributed by atoms with Crippen molar-refractivity contribution in [3.63, 3.8) is 0 Å². The molecule has 2 aromatic carbocycles. The van der Waals surface area contributed by atoms with Gasteiger partial charge in [0.25, 0.3) is 0 Å². The van der Waals surface area contributed by atoms with Gasteiger partial charge in [0.05, 0.1) is 5.39 Å². The fraction of sp³-hybridized carbons (Fsp3) is 0.240. The van der Waals surface area contributed by atoms with Crippen LogP contribution in [0.4, 0.5) is 0 Å². The summed E-state index contributed by atoms with van der Waals surface area (Å²) in [4.78, 5) is 12.8. The first kappa shape index (κ1) is 20.1. The molecule has 146 valence electrons. The predicted octanol–water partition coefficient (Wildman–Crippen LogP) is 5.04. The molecule has 0 amide bonds. The molecule has 3 aromatic rings. The molecule has 0 saturated carbocycles. The summed E-state index contributed by atoms with van der Waals surface area (Å²) < 4.78 is 18.2. The Morgan fingerprint density at radius 2 is 1.52 bits per heavy atom. The summed E-state index contributed by atoms with van der Waals surface area (Å²) in [5.41, 5.74) is -1.04. The van der Waals surface area contributed by atoms with E-state index >= 15 is 0 Å². The van der Waals surface area contributed by atoms with Crippen molar-refractivity contribution < 1.29 is 13.9 Å². The lowest BCUT2D eigenvalue weighted by molar-refractivity contribution is 0.134. The van der Waals surface area contributed by atoms with E-state index in [-0.39, 0.29) is 16.8 Å². The third-order valence-corrected chi connectivity index (χ3v) is 4.29. The van der Waals surface area contributed by atoms with Gasteiger partial charge in [-0.1, -0.05) is 42.2 Å². The predicted molar refractivity (Wildman–Crippen MR) is 115 cm³/mol. The van der Waals surface area contributed by atoms with Gasteiger partial charge in [0.15, 0.2) is 28.0 Å². The molecule has 1 heterocycles. The maximum atomic E-state index is 12.8. The highest BCUT2D eigenvalue weighted by molar-refractivity contribution is 5.86. The number of hydrogen-bond acceptors (Lipinski definition) is 4. The topological polar surface area (TPSA) is 48.7 Å². The van der Waals surface area contributed by atoms with Gasteiger partial charge in [0, 0.05) is 11.6 Å². The third-order valence-electron chi connectivity index (χ3n) is 4.29. The average molecular weight is 386 g/mol. The summed E-state index contributed by atoms with van der Waals surface area (Å²) >= 11 is 0. The first-order valence-electron chi connectivity index (χ1n) is 9.15. The highest BCUT2D eigenvalue weighted by Gasteiger charge is 2.26. The summed E-state index contributed by atoms with van der Waals surface area (Å²) in [7, 11) is 0. The Morgan fingerprint density at radius 1 is 0.897 bits per heavy atom. The zero-order valence-corrected chi connectivity index (χ0v) is 16.9. The van der Waals surface area contributed by atoms with Crippen LogP contribution in [0.15, 0.2) is 57.7 Å². The van der Waals surface area contributed by atoms with Crippen LogP contribution in [0.1, 0.15) is 27.7 Å². The number of ether oxygens (including phenoxy) is 2. The van der Waals surface area contributed by atoms with Gasteiger partial charge in [-0.05, 0) is 39.8 Å². The second kappa shape index (κ2) is 7.41. The third kappa shape index (κ3) is 4.28. The molecular formula is C25H22O4. The molecule has 0 saturated heterocycles. The summed E-state index contributed by atoms with van der Waals surface area (Å²) in [6, 6.07) is 14.1. The van der Waals surface area contributed by atoms with Crippen LogP contribution in [0, 0.1) is 24.7 Å². The van der Waals surface area contributed by atoms with Gasteiger partial charge in [-0.3, -0.25) is 4.79 Å². The standard InChI is InChI=1S/C25H22O4/c1-7-24(3,4)28-20-15-14-18-19(26)16-21(17-12-10-9-11-13-17)27-22(18)23(20)29-25(5,6)8-2/h1-2,9-16H,3-6H3. The maximum absolute atomic E-state index is 12.8. The van der Waals surface area contributed by atoms with E-state index in [2.05, 4.69) is 11.8 Å². The molecule has 0 bridgehead atoms. The van der Waals surface area contributed by atoms with E-state index in [9.17, 15) is 4.79 Å². The summed E-state index contributed by atoms with van der Waals surface area (Å²) in [5.74, 6) is 6.16. The molecular weight excluding hydrogens is 364 g/mol. The maximum Gasteiger partial charge on any atom is 0.206 e. The lowest BCUT2D eigenvalue weighted by atomic mass is 10.1. The summed E-state index contributed by atoms with van der Waals surface area (Å²) in [6.45, 7) is 6.98. The molecule has 3 rings (SSSR count). The first-order valence-corrected chi connectivity index (χ1v) is 9.15. The molecule has 29 heavy (non-hydrogen) atoms. The van der Waals surface area contributed by atoms with Gasteiger partial charge in [0.2, 0.25) is 5.75 Å². The highest BCUT2D eigenvalue weighted by Crippen LogP contribution is 2.40. The molecule has 4 nitrogen and oxygen atoms in total. The number of fused-ring (bicyclic) bond motifs is 1. The molecule has 0 atom stereocenters. The molecule has 1 aromatic heterocycles. The van der Waals surface area contributed by atoms with Crippen molar-refractivity contribution in [3.8, 4) is 47.5 Å². The van der Waals surface area contributed by atoms with E-state index in [1.54, 1.807) is 39.8 Å². The van der Waals surface area contributed by atoms with E-state index in [0.717, 1.165) is 5.56 Å². The van der Waals surface area contributed by atoms with Crippen molar-refractivity contribution in [1.29, 1.82) is 0 Å². The first-order chi connectivity index (χ1) is 13.7. The van der Waals surface area contributed by atoms with Crippen LogP contribution in [0.5, 0.6) is 11.5 Å². The molecule has 0 fully saturated rings. The van der Waals surface area contributed by atoms with Gasteiger partial charge in [-0.2, -0.15) is 0 Å². The lowest BCUT2D eigenvalue weighted by Gasteiger charge is -2.26. The average Bonchev–Trinajstić information content (AvgIpc) is 2.70. The van der Waals surface area contributed by atoms with Crippen molar-refractivity contribution >= 4 is 11.0 Å². The molecule has 4 heteroatoms. The van der Waals surface area contributed by atoms with Gasteiger partial charge in [-0.25, -0.2) is 0 Å². The number of rotatable bonds is 5. The number of hydrogen-bond donors (Lipinski definition) is 0. The lowest BCUT2D eigenvalue weighted by Crippen LogP contribution is -2.29. The van der Waals surface area contributed by atoms with Gasteiger partial charge in [-0.15, -0.1) is 12.8 Å². The van der Waals surface area contributed by atoms with Crippen LogP contribution in [-0.2, 0) is 0 Å². The van der Waals surface area contributed by atoms with Crippen molar-refractivity contribution in [3.05, 3.63) is 58.8 Å². The van der Waals surface area contributed by atoms with E-state index < -0.39 is 11.2 Å². The summed E-state index contributed by atoms with van der Waals surface area (Å²) in [6.07, 6.45) is 11.2. The normalized spacial score (nSPS) is 11.5. The minimum absolute atomic E-state index is 0.198. The monoisotopic (exact) mass is 386 g/mol. The van der Waals surface area contributed by atoms with E-state index in [0.29, 0.717) is 16.9 Å². The smallest absolute Gasteiger partial charge is 0.206 e. The molecule has 0 aliphatic carbocycles. The Bertz CT molecular complexity index is 1190. The Balaban J connectivity index is 2.31. The fourth-order valence-electron chi connectivity index (χ4n) is 2.69. The van der Waals surface area contributed by atoms with Gasteiger partial charge in [0.1, 0.15) is 5.76 Å². The number of benzene rings is 2. The van der Waals surface area contributed by atoms with Crippen LogP contribution in [0.25, 0.3) is 22.3 Å². The highest BCUT2D eigenvalue weighted by atomic mass is 16.5. The Morgan fingerprint density at radius 3 is 2.14 bits per heavy atom. The van der Waals surface area contributed by atoms with E-state index in [4.69, 9.17) is 26.7 Å². The molecule has 0 spiro atoms. The van der Waals surface area contributed by atoms with E-state index in [1.807, 2.05) is 30.3 Å².